The maximum absolute atomic E-state index is 12.0. The molecule has 0 atom stereocenters. The highest BCUT2D eigenvalue weighted by Gasteiger charge is 2.57. The van der Waals surface area contributed by atoms with E-state index >= 15 is 0 Å². The van der Waals surface area contributed by atoms with Crippen molar-refractivity contribution in [1.82, 2.24) is 0 Å². The van der Waals surface area contributed by atoms with Gasteiger partial charge in [-0.3, -0.25) is 14.2 Å². The normalized spacial score (nSPS) is 12.3. The minimum absolute atomic E-state index is 0.0133. The number of ether oxygens (including phenoxy) is 2. The highest BCUT2D eigenvalue weighted by atomic mass is 31.2. The van der Waals surface area contributed by atoms with E-state index in [9.17, 15) is 23.9 Å². The lowest BCUT2D eigenvalue weighted by molar-refractivity contribution is -0.164. The van der Waals surface area contributed by atoms with Gasteiger partial charge in [0, 0.05) is 0 Å². The average molecular weight is 310 g/mol. The molecular weight excluding hydrogens is 287 g/mol. The minimum atomic E-state index is -4.72. The van der Waals surface area contributed by atoms with Gasteiger partial charge in [-0.2, -0.15) is 0 Å². The Bertz CT molecular complexity index is 365. The smallest absolute Gasteiger partial charge is 0.333 e. The minimum Gasteiger partial charge on any atom is -0.465 e. The lowest BCUT2D eigenvalue weighted by Crippen LogP contribution is -2.47. The van der Waals surface area contributed by atoms with E-state index in [2.05, 4.69) is 0 Å². The van der Waals surface area contributed by atoms with Gasteiger partial charge < -0.3 is 19.3 Å². The number of hydrogen-bond acceptors (Lipinski definition) is 5. The van der Waals surface area contributed by atoms with E-state index < -0.39 is 30.6 Å². The van der Waals surface area contributed by atoms with Gasteiger partial charge >= 0.3 is 19.5 Å². The van der Waals surface area contributed by atoms with Crippen molar-refractivity contribution in [2.24, 2.45) is 5.92 Å². The van der Waals surface area contributed by atoms with Crippen molar-refractivity contribution in [3.8, 4) is 0 Å². The summed E-state index contributed by atoms with van der Waals surface area (Å²) in [5, 5.41) is -1.80. The molecule has 0 bridgehead atoms. The molecule has 2 N–H and O–H groups in total. The topological polar surface area (TPSA) is 110 Å². The number of esters is 2. The molecule has 0 aliphatic rings. The van der Waals surface area contributed by atoms with Crippen LogP contribution in [0.25, 0.3) is 0 Å². The van der Waals surface area contributed by atoms with Crippen LogP contribution in [0.2, 0.25) is 0 Å². The van der Waals surface area contributed by atoms with Crippen LogP contribution in [0.4, 0.5) is 0 Å². The number of rotatable bonds is 8. The molecule has 0 aliphatic carbocycles. The Labute approximate surface area is 118 Å². The van der Waals surface area contributed by atoms with Crippen molar-refractivity contribution in [3.63, 3.8) is 0 Å². The average Bonchev–Trinajstić information content (AvgIpc) is 2.34. The summed E-state index contributed by atoms with van der Waals surface area (Å²) >= 11 is 0. The van der Waals surface area contributed by atoms with Crippen LogP contribution in [0.3, 0.4) is 0 Å². The van der Waals surface area contributed by atoms with Gasteiger partial charge in [-0.15, -0.1) is 0 Å². The summed E-state index contributed by atoms with van der Waals surface area (Å²) in [6.45, 7) is 6.18. The molecule has 0 amide bonds. The molecule has 0 spiro atoms. The Morgan fingerprint density at radius 2 is 1.35 bits per heavy atom. The van der Waals surface area contributed by atoms with Crippen LogP contribution >= 0.6 is 7.60 Å². The number of carbonyl (C=O) groups is 2. The third-order valence-corrected chi connectivity index (χ3v) is 5.44. The molecule has 0 heterocycles. The molecule has 0 unspecified atom stereocenters. The highest BCUT2D eigenvalue weighted by Crippen LogP contribution is 2.59. The zero-order chi connectivity index (χ0) is 16.0. The van der Waals surface area contributed by atoms with Crippen LogP contribution in [0.15, 0.2) is 0 Å². The molecule has 0 aromatic carbocycles. The lowest BCUT2D eigenvalue weighted by Gasteiger charge is -2.36. The molecule has 0 rings (SSSR count). The zero-order valence-electron chi connectivity index (χ0n) is 12.3. The molecule has 0 saturated carbocycles. The summed E-state index contributed by atoms with van der Waals surface area (Å²) in [6.07, 6.45) is -0.0911. The highest BCUT2D eigenvalue weighted by molar-refractivity contribution is 7.53. The third kappa shape index (κ3) is 3.81. The quantitative estimate of drug-likeness (QED) is 0.397. The summed E-state index contributed by atoms with van der Waals surface area (Å²) in [7, 11) is -4.72. The van der Waals surface area contributed by atoms with Crippen LogP contribution < -0.4 is 0 Å². The van der Waals surface area contributed by atoms with Crippen molar-refractivity contribution in [2.45, 2.75) is 45.7 Å². The number of carbonyl (C=O) groups excluding carboxylic acids is 2. The van der Waals surface area contributed by atoms with Crippen molar-refractivity contribution < 1.29 is 33.4 Å². The predicted octanol–water partition coefficient (Wildman–Crippen LogP) is 1.47. The molecule has 0 saturated heterocycles. The van der Waals surface area contributed by atoms with Crippen LogP contribution in [0.5, 0.6) is 0 Å². The Morgan fingerprint density at radius 3 is 1.55 bits per heavy atom. The van der Waals surface area contributed by atoms with Gasteiger partial charge in [0.1, 0.15) is 0 Å². The second-order valence-electron chi connectivity index (χ2n) is 4.29. The van der Waals surface area contributed by atoms with Gasteiger partial charge in [0.2, 0.25) is 0 Å². The first-order chi connectivity index (χ1) is 9.21. The summed E-state index contributed by atoms with van der Waals surface area (Å²) in [5.41, 5.74) is 0. The monoisotopic (exact) mass is 310 g/mol. The molecule has 8 heteroatoms. The van der Waals surface area contributed by atoms with Gasteiger partial charge in [-0.25, -0.2) is 0 Å². The first-order valence-electron chi connectivity index (χ1n) is 6.60. The maximum Gasteiger partial charge on any atom is 0.333 e. The van der Waals surface area contributed by atoms with Crippen molar-refractivity contribution in [2.75, 3.05) is 13.2 Å². The standard InChI is InChI=1S/C12H23O7P/c1-5-12(6-2,20(15,16)17)9(10(13)18-7-3)11(14)19-8-4/h9H,5-8H2,1-4H3,(H2,15,16,17). The summed E-state index contributed by atoms with van der Waals surface area (Å²) in [6, 6.07) is 0. The fraction of sp³-hybridized carbons (Fsp3) is 0.833. The Morgan fingerprint density at radius 1 is 1.00 bits per heavy atom. The summed E-state index contributed by atoms with van der Waals surface area (Å²) < 4.78 is 21.4. The number of hydrogen-bond donors (Lipinski definition) is 2. The van der Waals surface area contributed by atoms with E-state index in [4.69, 9.17) is 9.47 Å². The Hall–Kier alpha value is -0.910. The van der Waals surface area contributed by atoms with E-state index in [0.717, 1.165) is 0 Å². The molecule has 7 nitrogen and oxygen atoms in total. The third-order valence-electron chi connectivity index (χ3n) is 3.39. The molecule has 0 aliphatic heterocycles. The first kappa shape index (κ1) is 19.1. The maximum atomic E-state index is 12.0. The molecule has 0 aromatic heterocycles. The zero-order valence-corrected chi connectivity index (χ0v) is 13.2. The van der Waals surface area contributed by atoms with E-state index in [1.165, 1.54) is 13.8 Å². The fourth-order valence-electron chi connectivity index (χ4n) is 2.22. The predicted molar refractivity (Wildman–Crippen MR) is 72.1 cm³/mol. The Balaban J connectivity index is 5.84. The second kappa shape index (κ2) is 7.76. The molecule has 20 heavy (non-hydrogen) atoms. The van der Waals surface area contributed by atoms with Crippen LogP contribution in [-0.4, -0.2) is 40.1 Å². The van der Waals surface area contributed by atoms with Crippen molar-refractivity contribution >= 4 is 19.5 Å². The van der Waals surface area contributed by atoms with Crippen LogP contribution in [0.1, 0.15) is 40.5 Å². The Kier molecular flexibility index (Phi) is 7.41. The molecular formula is C12H23O7P. The van der Waals surface area contributed by atoms with Gasteiger partial charge in [0.05, 0.1) is 18.4 Å². The SMILES string of the molecule is CCOC(=O)C(C(=O)OCC)C(CC)(CC)P(=O)(O)O. The van der Waals surface area contributed by atoms with Gasteiger partial charge in [0.15, 0.2) is 5.92 Å². The van der Waals surface area contributed by atoms with Crippen LogP contribution in [0, 0.1) is 5.92 Å². The fourth-order valence-corrected chi connectivity index (χ4v) is 3.60. The van der Waals surface area contributed by atoms with Gasteiger partial charge in [-0.05, 0) is 26.7 Å². The second-order valence-corrected chi connectivity index (χ2v) is 6.27. The molecule has 0 fully saturated rings. The van der Waals surface area contributed by atoms with E-state index in [1.807, 2.05) is 0 Å². The lowest BCUT2D eigenvalue weighted by atomic mass is 9.86. The largest absolute Gasteiger partial charge is 0.465 e. The van der Waals surface area contributed by atoms with Crippen molar-refractivity contribution in [1.29, 1.82) is 0 Å². The summed E-state index contributed by atoms with van der Waals surface area (Å²) in [4.78, 5) is 43.3. The van der Waals surface area contributed by atoms with E-state index in [1.54, 1.807) is 13.8 Å². The van der Waals surface area contributed by atoms with Gasteiger partial charge in [-0.1, -0.05) is 13.8 Å². The molecule has 0 radical (unpaired) electrons. The first-order valence-corrected chi connectivity index (χ1v) is 8.21. The summed E-state index contributed by atoms with van der Waals surface area (Å²) in [5.74, 6) is -3.55. The van der Waals surface area contributed by atoms with E-state index in [-0.39, 0.29) is 26.1 Å². The van der Waals surface area contributed by atoms with Gasteiger partial charge in [0.25, 0.3) is 0 Å². The van der Waals surface area contributed by atoms with E-state index in [0.29, 0.717) is 0 Å². The van der Waals surface area contributed by atoms with Crippen molar-refractivity contribution in [3.05, 3.63) is 0 Å². The molecule has 118 valence electrons. The van der Waals surface area contributed by atoms with Crippen LogP contribution in [-0.2, 0) is 23.6 Å². The molecule has 0 aromatic rings.